The van der Waals surface area contributed by atoms with Crippen LogP contribution in [0.5, 0.6) is 5.75 Å². The number of halogens is 1. The van der Waals surface area contributed by atoms with E-state index in [4.69, 9.17) is 22.1 Å². The third-order valence-electron chi connectivity index (χ3n) is 3.69. The molecule has 0 saturated carbocycles. The summed E-state index contributed by atoms with van der Waals surface area (Å²) >= 11 is 8.01. The third kappa shape index (κ3) is 2.16. The number of benzene rings is 1. The summed E-state index contributed by atoms with van der Waals surface area (Å²) in [7, 11) is 0. The van der Waals surface area contributed by atoms with Gasteiger partial charge >= 0.3 is 0 Å². The molecule has 1 spiro atoms. The number of fused-ring (bicyclic) bond motifs is 1. The van der Waals surface area contributed by atoms with Crippen LogP contribution in [0.4, 0.5) is 0 Å². The van der Waals surface area contributed by atoms with E-state index in [9.17, 15) is 0 Å². The SMILES string of the molecule is N[C@H]1CC2(CCSCC2)Oc2ccc(Cl)cc21. The van der Waals surface area contributed by atoms with Crippen molar-refractivity contribution in [2.75, 3.05) is 11.5 Å². The highest BCUT2D eigenvalue weighted by Gasteiger charge is 2.40. The minimum Gasteiger partial charge on any atom is -0.487 e. The van der Waals surface area contributed by atoms with Crippen LogP contribution in [0.3, 0.4) is 0 Å². The average molecular weight is 270 g/mol. The smallest absolute Gasteiger partial charge is 0.125 e. The summed E-state index contributed by atoms with van der Waals surface area (Å²) in [6.45, 7) is 0. The van der Waals surface area contributed by atoms with E-state index in [1.165, 1.54) is 11.5 Å². The van der Waals surface area contributed by atoms with Gasteiger partial charge in [0.25, 0.3) is 0 Å². The zero-order chi connectivity index (χ0) is 11.9. The number of hydrogen-bond acceptors (Lipinski definition) is 3. The second-order valence-corrected chi connectivity index (χ2v) is 6.55. The number of nitrogens with two attached hydrogens (primary N) is 1. The van der Waals surface area contributed by atoms with E-state index < -0.39 is 0 Å². The van der Waals surface area contributed by atoms with E-state index in [-0.39, 0.29) is 11.6 Å². The number of hydrogen-bond donors (Lipinski definition) is 1. The fourth-order valence-electron chi connectivity index (χ4n) is 2.74. The maximum Gasteiger partial charge on any atom is 0.125 e. The van der Waals surface area contributed by atoms with Crippen LogP contribution in [0.15, 0.2) is 18.2 Å². The lowest BCUT2D eigenvalue weighted by Gasteiger charge is -2.43. The van der Waals surface area contributed by atoms with Gasteiger partial charge in [0.15, 0.2) is 0 Å². The summed E-state index contributed by atoms with van der Waals surface area (Å²) < 4.78 is 6.23. The molecule has 0 radical (unpaired) electrons. The molecule has 1 fully saturated rings. The minimum atomic E-state index is -0.0223. The van der Waals surface area contributed by atoms with Gasteiger partial charge in [-0.1, -0.05) is 11.6 Å². The zero-order valence-electron chi connectivity index (χ0n) is 9.62. The lowest BCUT2D eigenvalue weighted by Crippen LogP contribution is -2.45. The summed E-state index contributed by atoms with van der Waals surface area (Å²) in [6, 6.07) is 5.83. The molecule has 4 heteroatoms. The molecular weight excluding hydrogens is 254 g/mol. The fourth-order valence-corrected chi connectivity index (χ4v) is 4.15. The third-order valence-corrected chi connectivity index (χ3v) is 4.91. The standard InChI is InChI=1S/C13H16ClNOS/c14-9-1-2-12-10(7-9)11(15)8-13(16-12)3-5-17-6-4-13/h1-2,7,11H,3-6,8,15H2/t11-/m0/s1. The van der Waals surface area contributed by atoms with E-state index >= 15 is 0 Å². The van der Waals surface area contributed by atoms with Gasteiger partial charge in [0.1, 0.15) is 11.4 Å². The lowest BCUT2D eigenvalue weighted by molar-refractivity contribution is 0.0280. The van der Waals surface area contributed by atoms with Gasteiger partial charge in [0.05, 0.1) is 0 Å². The Morgan fingerprint density at radius 2 is 2.12 bits per heavy atom. The summed E-state index contributed by atoms with van der Waals surface area (Å²) in [4.78, 5) is 0. The van der Waals surface area contributed by atoms with E-state index in [0.717, 1.165) is 35.6 Å². The van der Waals surface area contributed by atoms with Crippen molar-refractivity contribution in [1.82, 2.24) is 0 Å². The highest BCUT2D eigenvalue weighted by molar-refractivity contribution is 7.99. The van der Waals surface area contributed by atoms with Crippen LogP contribution in [0.1, 0.15) is 30.9 Å². The van der Waals surface area contributed by atoms with Crippen molar-refractivity contribution in [3.8, 4) is 5.75 Å². The van der Waals surface area contributed by atoms with Crippen LogP contribution in [0.25, 0.3) is 0 Å². The predicted octanol–water partition coefficient (Wildman–Crippen LogP) is 3.39. The Labute approximate surface area is 111 Å². The van der Waals surface area contributed by atoms with Crippen LogP contribution in [0, 0.1) is 0 Å². The molecule has 2 nitrogen and oxygen atoms in total. The Morgan fingerprint density at radius 1 is 1.35 bits per heavy atom. The second kappa shape index (κ2) is 4.38. The molecule has 0 aliphatic carbocycles. The van der Waals surface area contributed by atoms with Crippen LogP contribution in [0.2, 0.25) is 5.02 Å². The molecule has 0 bridgehead atoms. The average Bonchev–Trinajstić information content (AvgIpc) is 2.31. The Morgan fingerprint density at radius 3 is 2.88 bits per heavy atom. The Balaban J connectivity index is 1.94. The van der Waals surface area contributed by atoms with Gasteiger partial charge in [-0.15, -0.1) is 0 Å². The molecule has 0 unspecified atom stereocenters. The van der Waals surface area contributed by atoms with Gasteiger partial charge < -0.3 is 10.5 Å². The molecule has 2 aliphatic heterocycles. The van der Waals surface area contributed by atoms with Crippen LogP contribution in [-0.4, -0.2) is 17.1 Å². The molecule has 1 aromatic carbocycles. The summed E-state index contributed by atoms with van der Waals surface area (Å²) in [5, 5.41) is 0.734. The van der Waals surface area contributed by atoms with E-state index in [0.29, 0.717) is 0 Å². The normalized spacial score (nSPS) is 26.4. The van der Waals surface area contributed by atoms with Crippen molar-refractivity contribution in [3.63, 3.8) is 0 Å². The first-order chi connectivity index (χ1) is 8.19. The van der Waals surface area contributed by atoms with E-state index in [1.807, 2.05) is 30.0 Å². The largest absolute Gasteiger partial charge is 0.487 e. The van der Waals surface area contributed by atoms with Crippen molar-refractivity contribution in [2.45, 2.75) is 30.9 Å². The molecule has 1 saturated heterocycles. The highest BCUT2D eigenvalue weighted by Crippen LogP contribution is 2.45. The minimum absolute atomic E-state index is 0.0223. The quantitative estimate of drug-likeness (QED) is 0.784. The molecular formula is C13H16ClNOS. The number of ether oxygens (including phenoxy) is 1. The summed E-state index contributed by atoms with van der Waals surface area (Å²) in [5.74, 6) is 3.28. The predicted molar refractivity (Wildman–Crippen MR) is 72.9 cm³/mol. The molecule has 3 rings (SSSR count). The molecule has 2 N–H and O–H groups in total. The van der Waals surface area contributed by atoms with Crippen molar-refractivity contribution < 1.29 is 4.74 Å². The van der Waals surface area contributed by atoms with Crippen molar-refractivity contribution >= 4 is 23.4 Å². The number of rotatable bonds is 0. The van der Waals surface area contributed by atoms with Crippen molar-refractivity contribution in [3.05, 3.63) is 28.8 Å². The first kappa shape index (κ1) is 11.7. The molecule has 0 aromatic heterocycles. The lowest BCUT2D eigenvalue weighted by atomic mass is 9.83. The van der Waals surface area contributed by atoms with E-state index in [1.54, 1.807) is 0 Å². The van der Waals surface area contributed by atoms with Crippen molar-refractivity contribution in [1.29, 1.82) is 0 Å². The molecule has 2 heterocycles. The van der Waals surface area contributed by atoms with Crippen LogP contribution < -0.4 is 10.5 Å². The van der Waals surface area contributed by atoms with Crippen LogP contribution >= 0.6 is 23.4 Å². The van der Waals surface area contributed by atoms with E-state index in [2.05, 4.69) is 0 Å². The van der Waals surface area contributed by atoms with Gasteiger partial charge in [0.2, 0.25) is 0 Å². The first-order valence-corrected chi connectivity index (χ1v) is 7.54. The van der Waals surface area contributed by atoms with Gasteiger partial charge in [-0.25, -0.2) is 0 Å². The van der Waals surface area contributed by atoms with Gasteiger partial charge in [-0.05, 0) is 42.5 Å². The van der Waals surface area contributed by atoms with Crippen molar-refractivity contribution in [2.24, 2.45) is 5.73 Å². The molecule has 1 aromatic rings. The van der Waals surface area contributed by atoms with Gasteiger partial charge in [0, 0.05) is 23.0 Å². The highest BCUT2D eigenvalue weighted by atomic mass is 35.5. The Bertz CT molecular complexity index is 431. The first-order valence-electron chi connectivity index (χ1n) is 6.00. The molecule has 1 atom stereocenters. The number of thioether (sulfide) groups is 1. The summed E-state index contributed by atoms with van der Waals surface area (Å²) in [5.41, 5.74) is 7.31. The van der Waals surface area contributed by atoms with Crippen LogP contribution in [-0.2, 0) is 0 Å². The zero-order valence-corrected chi connectivity index (χ0v) is 11.2. The molecule has 92 valence electrons. The molecule has 2 aliphatic rings. The monoisotopic (exact) mass is 269 g/mol. The van der Waals surface area contributed by atoms with Gasteiger partial charge in [-0.3, -0.25) is 0 Å². The topological polar surface area (TPSA) is 35.2 Å². The summed E-state index contributed by atoms with van der Waals surface area (Å²) in [6.07, 6.45) is 3.13. The fraction of sp³-hybridized carbons (Fsp3) is 0.538. The second-order valence-electron chi connectivity index (χ2n) is 4.89. The maximum absolute atomic E-state index is 6.28. The molecule has 17 heavy (non-hydrogen) atoms. The maximum atomic E-state index is 6.28. The van der Waals surface area contributed by atoms with Gasteiger partial charge in [-0.2, -0.15) is 11.8 Å². The Kier molecular flexibility index (Phi) is 3.01. The molecule has 0 amide bonds. The Hall–Kier alpha value is -0.380.